The molecule has 1 N–H and O–H groups in total. The van der Waals surface area contributed by atoms with Gasteiger partial charge in [0.25, 0.3) is 0 Å². The third-order valence-corrected chi connectivity index (χ3v) is 2.77. The van der Waals surface area contributed by atoms with E-state index >= 15 is 0 Å². The van der Waals surface area contributed by atoms with E-state index in [2.05, 4.69) is 4.98 Å². The Bertz CT molecular complexity index is 433. The number of halogens is 2. The quantitative estimate of drug-likeness (QED) is 0.816. The van der Waals surface area contributed by atoms with Crippen molar-refractivity contribution in [1.82, 2.24) is 4.98 Å². The van der Waals surface area contributed by atoms with Crippen molar-refractivity contribution in [2.24, 2.45) is 0 Å². The van der Waals surface area contributed by atoms with E-state index in [0.717, 1.165) is 0 Å². The number of nitrogens with zero attached hydrogens (tertiary/aromatic N) is 1. The van der Waals surface area contributed by atoms with Crippen molar-refractivity contribution in [3.8, 4) is 0 Å². The van der Waals surface area contributed by atoms with E-state index in [0.29, 0.717) is 13.2 Å². The first-order chi connectivity index (χ1) is 8.52. The Morgan fingerprint density at radius 3 is 2.39 bits per heavy atom. The van der Waals surface area contributed by atoms with Crippen LogP contribution >= 0.6 is 23.2 Å². The number of ether oxygens (including phenoxy) is 2. The van der Waals surface area contributed by atoms with Crippen LogP contribution in [-0.2, 0) is 9.47 Å². The fraction of sp³-hybridized carbons (Fsp3) is 0.455. The molecule has 0 saturated heterocycles. The zero-order valence-electron chi connectivity index (χ0n) is 9.94. The fourth-order valence-corrected chi connectivity index (χ4v) is 1.96. The van der Waals surface area contributed by atoms with Crippen molar-refractivity contribution >= 4 is 29.2 Å². The summed E-state index contributed by atoms with van der Waals surface area (Å²) >= 11 is 12.0. The maximum atomic E-state index is 11.0. The van der Waals surface area contributed by atoms with Gasteiger partial charge in [-0.05, 0) is 13.8 Å². The molecule has 0 unspecified atom stereocenters. The number of carbonyl (C=O) groups is 1. The molecule has 1 aromatic heterocycles. The van der Waals surface area contributed by atoms with Gasteiger partial charge in [-0.3, -0.25) is 0 Å². The number of aromatic carboxylic acids is 1. The van der Waals surface area contributed by atoms with Crippen LogP contribution in [0.25, 0.3) is 0 Å². The molecule has 0 aliphatic carbocycles. The van der Waals surface area contributed by atoms with E-state index in [-0.39, 0.29) is 21.3 Å². The van der Waals surface area contributed by atoms with Crippen LogP contribution in [0.3, 0.4) is 0 Å². The van der Waals surface area contributed by atoms with E-state index in [9.17, 15) is 4.79 Å². The molecule has 0 aliphatic rings. The number of carboxylic acids is 1. The maximum Gasteiger partial charge on any atom is 0.356 e. The van der Waals surface area contributed by atoms with Gasteiger partial charge in [0.1, 0.15) is 0 Å². The van der Waals surface area contributed by atoms with E-state index in [4.69, 9.17) is 37.8 Å². The topological polar surface area (TPSA) is 68.7 Å². The van der Waals surface area contributed by atoms with Crippen LogP contribution in [0.4, 0.5) is 0 Å². The highest BCUT2D eigenvalue weighted by Gasteiger charge is 2.24. The molecule has 7 heteroatoms. The Labute approximate surface area is 115 Å². The van der Waals surface area contributed by atoms with Crippen LogP contribution in [0, 0.1) is 0 Å². The summed E-state index contributed by atoms with van der Waals surface area (Å²) < 4.78 is 10.7. The first kappa shape index (κ1) is 15.2. The highest BCUT2D eigenvalue weighted by molar-refractivity contribution is 6.37. The molecule has 0 aromatic carbocycles. The van der Waals surface area contributed by atoms with Gasteiger partial charge in [0, 0.05) is 25.0 Å². The lowest BCUT2D eigenvalue weighted by Crippen LogP contribution is -2.13. The third kappa shape index (κ3) is 3.32. The minimum atomic E-state index is -1.23. The van der Waals surface area contributed by atoms with E-state index in [1.54, 1.807) is 13.8 Å². The lowest BCUT2D eigenvalue weighted by atomic mass is 10.2. The molecule has 0 aliphatic heterocycles. The zero-order valence-corrected chi connectivity index (χ0v) is 11.5. The Balaban J connectivity index is 3.26. The number of hydrogen-bond donors (Lipinski definition) is 1. The van der Waals surface area contributed by atoms with E-state index in [1.807, 2.05) is 0 Å². The van der Waals surface area contributed by atoms with Crippen molar-refractivity contribution in [1.29, 1.82) is 0 Å². The van der Waals surface area contributed by atoms with Crippen LogP contribution in [-0.4, -0.2) is 29.3 Å². The van der Waals surface area contributed by atoms with Gasteiger partial charge in [-0.2, -0.15) is 0 Å². The van der Waals surface area contributed by atoms with Gasteiger partial charge in [0.15, 0.2) is 12.0 Å². The standard InChI is InChI=1S/C11H13Cl2NO4/c1-3-17-11(18-4-2)7-6(12)5-14-9(8(7)13)10(15)16/h5,11H,3-4H2,1-2H3,(H,15,16). The Kier molecular flexibility index (Phi) is 5.81. The lowest BCUT2D eigenvalue weighted by molar-refractivity contribution is -0.140. The molecule has 0 saturated carbocycles. The van der Waals surface area contributed by atoms with E-state index in [1.165, 1.54) is 6.20 Å². The van der Waals surface area contributed by atoms with Crippen molar-refractivity contribution < 1.29 is 19.4 Å². The van der Waals surface area contributed by atoms with Crippen molar-refractivity contribution in [2.45, 2.75) is 20.1 Å². The second kappa shape index (κ2) is 6.89. The molecule has 1 heterocycles. The van der Waals surface area contributed by atoms with Gasteiger partial charge >= 0.3 is 5.97 Å². The molecule has 100 valence electrons. The predicted octanol–water partition coefficient (Wildman–Crippen LogP) is 3.16. The molecule has 0 spiro atoms. The molecular formula is C11H13Cl2NO4. The average Bonchev–Trinajstić information content (AvgIpc) is 2.29. The summed E-state index contributed by atoms with van der Waals surface area (Å²) in [6, 6.07) is 0. The van der Waals surface area contributed by atoms with Crippen LogP contribution in [0.15, 0.2) is 6.20 Å². The van der Waals surface area contributed by atoms with Crippen molar-refractivity contribution in [3.05, 3.63) is 27.5 Å². The number of hydrogen-bond acceptors (Lipinski definition) is 4. The fourth-order valence-electron chi connectivity index (χ4n) is 1.36. The minimum Gasteiger partial charge on any atom is -0.476 e. The summed E-state index contributed by atoms with van der Waals surface area (Å²) in [6.07, 6.45) is 0.415. The van der Waals surface area contributed by atoms with Crippen molar-refractivity contribution in [3.63, 3.8) is 0 Å². The monoisotopic (exact) mass is 293 g/mol. The van der Waals surface area contributed by atoms with Crippen LogP contribution in [0.5, 0.6) is 0 Å². The number of pyridine rings is 1. The summed E-state index contributed by atoms with van der Waals surface area (Å²) in [5, 5.41) is 9.09. The number of carboxylic acid groups (broad SMARTS) is 1. The maximum absolute atomic E-state index is 11.0. The third-order valence-electron chi connectivity index (χ3n) is 2.08. The summed E-state index contributed by atoms with van der Waals surface area (Å²) in [6.45, 7) is 4.32. The molecule has 0 atom stereocenters. The molecule has 0 fully saturated rings. The summed E-state index contributed by atoms with van der Waals surface area (Å²) in [5.74, 6) is -1.23. The van der Waals surface area contributed by atoms with Gasteiger partial charge in [-0.15, -0.1) is 0 Å². The van der Waals surface area contributed by atoms with Crippen LogP contribution < -0.4 is 0 Å². The van der Waals surface area contributed by atoms with Gasteiger partial charge in [-0.1, -0.05) is 23.2 Å². The molecular weight excluding hydrogens is 281 g/mol. The smallest absolute Gasteiger partial charge is 0.356 e. The van der Waals surface area contributed by atoms with Gasteiger partial charge in [0.2, 0.25) is 0 Å². The van der Waals surface area contributed by atoms with Gasteiger partial charge < -0.3 is 14.6 Å². The SMILES string of the molecule is CCOC(OCC)c1c(Cl)cnc(C(=O)O)c1Cl. The molecule has 0 amide bonds. The van der Waals surface area contributed by atoms with E-state index < -0.39 is 12.3 Å². The molecule has 0 bridgehead atoms. The van der Waals surface area contributed by atoms with Crippen LogP contribution in [0.2, 0.25) is 10.0 Å². The van der Waals surface area contributed by atoms with Gasteiger partial charge in [0.05, 0.1) is 10.0 Å². The predicted molar refractivity (Wildman–Crippen MR) is 67.2 cm³/mol. The number of aromatic nitrogens is 1. The summed E-state index contributed by atoms with van der Waals surface area (Å²) in [7, 11) is 0. The average molecular weight is 294 g/mol. The molecule has 0 radical (unpaired) electrons. The second-order valence-corrected chi connectivity index (χ2v) is 4.02. The van der Waals surface area contributed by atoms with Crippen LogP contribution in [0.1, 0.15) is 36.2 Å². The summed E-state index contributed by atoms with van der Waals surface area (Å²) in [5.41, 5.74) is 0.00917. The van der Waals surface area contributed by atoms with Crippen molar-refractivity contribution in [2.75, 3.05) is 13.2 Å². The first-order valence-corrected chi connectivity index (χ1v) is 6.08. The highest BCUT2D eigenvalue weighted by atomic mass is 35.5. The first-order valence-electron chi connectivity index (χ1n) is 5.33. The Morgan fingerprint density at radius 2 is 1.94 bits per heavy atom. The molecule has 1 aromatic rings. The van der Waals surface area contributed by atoms with Gasteiger partial charge in [-0.25, -0.2) is 9.78 Å². The Morgan fingerprint density at radius 1 is 1.39 bits per heavy atom. The second-order valence-electron chi connectivity index (χ2n) is 3.23. The lowest BCUT2D eigenvalue weighted by Gasteiger charge is -2.20. The summed E-state index contributed by atoms with van der Waals surface area (Å²) in [4.78, 5) is 14.6. The highest BCUT2D eigenvalue weighted by Crippen LogP contribution is 2.34. The number of rotatable bonds is 6. The normalized spacial score (nSPS) is 10.9. The molecule has 18 heavy (non-hydrogen) atoms. The molecule has 1 rings (SSSR count). The Hall–Kier alpha value is -0.880. The zero-order chi connectivity index (χ0) is 13.7. The largest absolute Gasteiger partial charge is 0.476 e. The minimum absolute atomic E-state index is 0.0677. The molecule has 5 nitrogen and oxygen atoms in total.